The number of thiophene rings is 1. The molecule has 2 heterocycles. The van der Waals surface area contributed by atoms with Crippen LogP contribution >= 0.6 is 11.3 Å². The first-order valence-electron chi connectivity index (χ1n) is 7.64. The highest BCUT2D eigenvalue weighted by atomic mass is 32.1. The fourth-order valence-electron chi connectivity index (χ4n) is 3.49. The molecule has 0 saturated heterocycles. The van der Waals surface area contributed by atoms with Gasteiger partial charge in [-0.05, 0) is 50.1 Å². The first-order chi connectivity index (χ1) is 9.72. The van der Waals surface area contributed by atoms with Crippen LogP contribution in [0, 0.1) is 6.92 Å². The van der Waals surface area contributed by atoms with Gasteiger partial charge in [-0.2, -0.15) is 0 Å². The molecule has 1 aliphatic carbocycles. The molecule has 2 aromatic heterocycles. The highest BCUT2D eigenvalue weighted by molar-refractivity contribution is 7.10. The molecule has 2 atom stereocenters. The summed E-state index contributed by atoms with van der Waals surface area (Å²) in [6, 6.07) is 7.03. The van der Waals surface area contributed by atoms with Crippen molar-refractivity contribution in [1.29, 1.82) is 0 Å². The second-order valence-corrected chi connectivity index (χ2v) is 6.76. The van der Waals surface area contributed by atoms with E-state index in [1.807, 2.05) is 11.3 Å². The van der Waals surface area contributed by atoms with Crippen molar-refractivity contribution < 1.29 is 5.11 Å². The summed E-state index contributed by atoms with van der Waals surface area (Å²) >= 11 is 1.85. The van der Waals surface area contributed by atoms with Gasteiger partial charge in [0.05, 0.1) is 12.1 Å². The van der Waals surface area contributed by atoms with E-state index >= 15 is 0 Å². The van der Waals surface area contributed by atoms with Gasteiger partial charge in [-0.15, -0.1) is 11.3 Å². The number of hydrogen-bond acceptors (Lipinski definition) is 2. The normalized spacial score (nSPS) is 19.9. The first-order valence-corrected chi connectivity index (χ1v) is 8.52. The maximum Gasteiger partial charge on any atom is 0.0807 e. The summed E-state index contributed by atoms with van der Waals surface area (Å²) in [5, 5.41) is 12.4. The van der Waals surface area contributed by atoms with E-state index in [2.05, 4.69) is 42.0 Å². The zero-order chi connectivity index (χ0) is 14.1. The Bertz CT molecular complexity index is 570. The minimum atomic E-state index is -0.260. The third-order valence-electron chi connectivity index (χ3n) is 4.36. The lowest BCUT2D eigenvalue weighted by Gasteiger charge is -2.26. The number of aromatic nitrogens is 1. The summed E-state index contributed by atoms with van der Waals surface area (Å²) in [4.78, 5) is 1.44. The van der Waals surface area contributed by atoms with Gasteiger partial charge in [-0.1, -0.05) is 19.4 Å². The molecule has 2 nitrogen and oxygen atoms in total. The zero-order valence-electron chi connectivity index (χ0n) is 12.3. The number of aryl methyl sites for hydroxylation is 1. The SMILES string of the molecule is CCCC(c1cccs1)n1c(C)cc2c1CCCC2O. The van der Waals surface area contributed by atoms with Crippen LogP contribution in [-0.2, 0) is 6.42 Å². The van der Waals surface area contributed by atoms with Gasteiger partial charge < -0.3 is 9.67 Å². The van der Waals surface area contributed by atoms with Gasteiger partial charge in [0.25, 0.3) is 0 Å². The molecule has 3 heteroatoms. The van der Waals surface area contributed by atoms with Crippen LogP contribution in [0.4, 0.5) is 0 Å². The molecule has 20 heavy (non-hydrogen) atoms. The summed E-state index contributed by atoms with van der Waals surface area (Å²) in [6.45, 7) is 4.43. The molecule has 3 rings (SSSR count). The molecular weight excluding hydrogens is 266 g/mol. The molecule has 1 aliphatic rings. The standard InChI is InChI=1S/C17H23NOS/c1-3-6-15(17-9-5-10-20-17)18-12(2)11-13-14(18)7-4-8-16(13)19/h5,9-11,15-16,19H,3-4,6-8H2,1-2H3. The number of nitrogens with zero attached hydrogens (tertiary/aromatic N) is 1. The van der Waals surface area contributed by atoms with Gasteiger partial charge in [0.15, 0.2) is 0 Å². The Morgan fingerprint density at radius 1 is 1.50 bits per heavy atom. The average Bonchev–Trinajstić information content (AvgIpc) is 3.05. The molecule has 0 bridgehead atoms. The van der Waals surface area contributed by atoms with Gasteiger partial charge in [0, 0.05) is 21.8 Å². The molecular formula is C17H23NOS. The van der Waals surface area contributed by atoms with Gasteiger partial charge in [-0.25, -0.2) is 0 Å². The van der Waals surface area contributed by atoms with Gasteiger partial charge in [-0.3, -0.25) is 0 Å². The van der Waals surface area contributed by atoms with Crippen molar-refractivity contribution in [1.82, 2.24) is 4.57 Å². The lowest BCUT2D eigenvalue weighted by molar-refractivity contribution is 0.155. The molecule has 0 amide bonds. The van der Waals surface area contributed by atoms with E-state index < -0.39 is 0 Å². The van der Waals surface area contributed by atoms with Crippen LogP contribution in [0.5, 0.6) is 0 Å². The highest BCUT2D eigenvalue weighted by Crippen LogP contribution is 2.37. The van der Waals surface area contributed by atoms with Gasteiger partial charge in [0.1, 0.15) is 0 Å². The van der Waals surface area contributed by atoms with E-state index in [9.17, 15) is 5.11 Å². The predicted octanol–water partition coefficient (Wildman–Crippen LogP) is 4.62. The average molecular weight is 289 g/mol. The first kappa shape index (κ1) is 13.9. The summed E-state index contributed by atoms with van der Waals surface area (Å²) in [5.41, 5.74) is 3.84. The number of fused-ring (bicyclic) bond motifs is 1. The molecule has 0 aliphatic heterocycles. The largest absolute Gasteiger partial charge is 0.388 e. The van der Waals surface area contributed by atoms with Crippen molar-refractivity contribution in [2.75, 3.05) is 0 Å². The van der Waals surface area contributed by atoms with E-state index in [-0.39, 0.29) is 6.10 Å². The van der Waals surface area contributed by atoms with Crippen molar-refractivity contribution in [2.24, 2.45) is 0 Å². The van der Waals surface area contributed by atoms with Crippen LogP contribution in [0.1, 0.15) is 66.6 Å². The van der Waals surface area contributed by atoms with Crippen molar-refractivity contribution in [3.8, 4) is 0 Å². The third-order valence-corrected chi connectivity index (χ3v) is 5.34. The van der Waals surface area contributed by atoms with E-state index in [1.54, 1.807) is 0 Å². The monoisotopic (exact) mass is 289 g/mol. The second-order valence-electron chi connectivity index (χ2n) is 5.79. The molecule has 2 aromatic rings. The lowest BCUT2D eigenvalue weighted by atomic mass is 9.95. The minimum absolute atomic E-state index is 0.260. The minimum Gasteiger partial charge on any atom is -0.388 e. The van der Waals surface area contributed by atoms with Gasteiger partial charge in [0.2, 0.25) is 0 Å². The molecule has 1 N–H and O–H groups in total. The Morgan fingerprint density at radius 3 is 3.05 bits per heavy atom. The lowest BCUT2D eigenvalue weighted by Crippen LogP contribution is -2.17. The zero-order valence-corrected chi connectivity index (χ0v) is 13.1. The Morgan fingerprint density at radius 2 is 2.35 bits per heavy atom. The summed E-state index contributed by atoms with van der Waals surface area (Å²) in [7, 11) is 0. The highest BCUT2D eigenvalue weighted by Gasteiger charge is 2.27. The summed E-state index contributed by atoms with van der Waals surface area (Å²) in [5.74, 6) is 0. The fraction of sp³-hybridized carbons (Fsp3) is 0.529. The summed E-state index contributed by atoms with van der Waals surface area (Å²) in [6.07, 6.45) is 5.20. The van der Waals surface area contributed by atoms with Crippen LogP contribution in [0.2, 0.25) is 0 Å². The van der Waals surface area contributed by atoms with Crippen molar-refractivity contribution in [2.45, 2.75) is 58.1 Å². The summed E-state index contributed by atoms with van der Waals surface area (Å²) < 4.78 is 2.49. The van der Waals surface area contributed by atoms with E-state index in [4.69, 9.17) is 0 Å². The number of aliphatic hydroxyl groups excluding tert-OH is 1. The quantitative estimate of drug-likeness (QED) is 0.873. The number of rotatable bonds is 4. The smallest absolute Gasteiger partial charge is 0.0807 e. The Balaban J connectivity index is 2.07. The van der Waals surface area contributed by atoms with Crippen molar-refractivity contribution in [3.63, 3.8) is 0 Å². The predicted molar refractivity (Wildman–Crippen MR) is 84.4 cm³/mol. The fourth-order valence-corrected chi connectivity index (χ4v) is 4.34. The van der Waals surface area contributed by atoms with Crippen LogP contribution in [0.3, 0.4) is 0 Å². The molecule has 0 aromatic carbocycles. The maximum atomic E-state index is 10.2. The third kappa shape index (κ3) is 2.33. The van der Waals surface area contributed by atoms with Crippen LogP contribution in [0.25, 0.3) is 0 Å². The second kappa shape index (κ2) is 5.74. The Labute approximate surface area is 125 Å². The Kier molecular flexibility index (Phi) is 3.99. The van der Waals surface area contributed by atoms with Crippen LogP contribution < -0.4 is 0 Å². The number of hydrogen-bond donors (Lipinski definition) is 1. The van der Waals surface area contributed by atoms with E-state index in [0.29, 0.717) is 6.04 Å². The molecule has 0 fully saturated rings. The van der Waals surface area contributed by atoms with E-state index in [0.717, 1.165) is 19.3 Å². The molecule has 2 unspecified atom stereocenters. The van der Waals surface area contributed by atoms with E-state index in [1.165, 1.54) is 34.7 Å². The topological polar surface area (TPSA) is 25.2 Å². The molecule has 0 radical (unpaired) electrons. The van der Waals surface area contributed by atoms with Gasteiger partial charge >= 0.3 is 0 Å². The van der Waals surface area contributed by atoms with Crippen molar-refractivity contribution >= 4 is 11.3 Å². The molecule has 0 saturated carbocycles. The van der Waals surface area contributed by atoms with Crippen LogP contribution in [-0.4, -0.2) is 9.67 Å². The molecule has 0 spiro atoms. The van der Waals surface area contributed by atoms with Crippen molar-refractivity contribution in [3.05, 3.63) is 45.4 Å². The molecule has 108 valence electrons. The number of aliphatic hydroxyl groups is 1. The van der Waals surface area contributed by atoms with Crippen LogP contribution in [0.15, 0.2) is 23.6 Å². The Hall–Kier alpha value is -1.06. The maximum absolute atomic E-state index is 10.2.